The number of benzene rings is 2. The number of hydrogen-bond donors (Lipinski definition) is 0. The molecule has 0 radical (unpaired) electrons. The van der Waals surface area contributed by atoms with Crippen molar-refractivity contribution in [2.45, 2.75) is 31.2 Å². The number of nitro benzene ring substituents is 1. The highest BCUT2D eigenvalue weighted by Gasteiger charge is 2.32. The van der Waals surface area contributed by atoms with E-state index < -0.39 is 14.9 Å². The van der Waals surface area contributed by atoms with E-state index in [-0.39, 0.29) is 35.5 Å². The number of thiazole rings is 1. The molecule has 1 aromatic heterocycles. The van der Waals surface area contributed by atoms with Crippen LogP contribution in [0.4, 0.5) is 5.69 Å². The predicted molar refractivity (Wildman–Crippen MR) is 126 cm³/mol. The third-order valence-corrected chi connectivity index (χ3v) is 8.88. The second kappa shape index (κ2) is 9.34. The Balaban J connectivity index is 1.53. The Morgan fingerprint density at radius 1 is 1.21 bits per heavy atom. The fourth-order valence-corrected chi connectivity index (χ4v) is 6.52. The van der Waals surface area contributed by atoms with E-state index in [1.807, 2.05) is 6.92 Å². The maximum atomic E-state index is 12.9. The minimum atomic E-state index is -3.65. The van der Waals surface area contributed by atoms with Crippen molar-refractivity contribution in [3.05, 3.63) is 62.4 Å². The molecular weight excluding hydrogens is 488 g/mol. The fraction of sp³-hybridized carbons (Fsp3) is 0.333. The number of fused-ring (bicyclic) bond motifs is 1. The van der Waals surface area contributed by atoms with Gasteiger partial charge in [-0.3, -0.25) is 14.9 Å². The van der Waals surface area contributed by atoms with Crippen molar-refractivity contribution in [2.24, 2.45) is 10.9 Å². The van der Waals surface area contributed by atoms with E-state index in [1.54, 1.807) is 10.6 Å². The van der Waals surface area contributed by atoms with E-state index in [9.17, 15) is 23.3 Å². The summed E-state index contributed by atoms with van der Waals surface area (Å²) in [5.74, 6) is -0.687. The van der Waals surface area contributed by atoms with Gasteiger partial charge >= 0.3 is 0 Å². The third-order valence-electron chi connectivity index (χ3n) is 5.65. The number of aryl methyl sites for hydroxylation is 1. The molecule has 4 rings (SSSR count). The summed E-state index contributed by atoms with van der Waals surface area (Å²) in [5.41, 5.74) is 0.641. The molecule has 2 aromatic carbocycles. The molecule has 0 bridgehead atoms. The van der Waals surface area contributed by atoms with Crippen LogP contribution in [0.2, 0.25) is 5.02 Å². The van der Waals surface area contributed by atoms with Crippen LogP contribution in [0, 0.1) is 16.0 Å². The number of hydrogen-bond acceptors (Lipinski definition) is 6. The van der Waals surface area contributed by atoms with Gasteiger partial charge in [0.2, 0.25) is 10.0 Å². The summed E-state index contributed by atoms with van der Waals surface area (Å²) in [4.78, 5) is 28.5. The van der Waals surface area contributed by atoms with Gasteiger partial charge in [0.15, 0.2) is 4.80 Å². The third kappa shape index (κ3) is 4.72. The van der Waals surface area contributed by atoms with Gasteiger partial charge in [-0.2, -0.15) is 9.30 Å². The molecule has 0 unspecified atom stereocenters. The van der Waals surface area contributed by atoms with Gasteiger partial charge in [-0.05, 0) is 50.1 Å². The number of non-ortho nitro benzene ring substituents is 1. The molecule has 1 amide bonds. The molecule has 2 heterocycles. The average Bonchev–Trinajstić information content (AvgIpc) is 3.15. The quantitative estimate of drug-likeness (QED) is 0.384. The van der Waals surface area contributed by atoms with Crippen molar-refractivity contribution in [2.75, 3.05) is 13.1 Å². The molecule has 9 nitrogen and oxygen atoms in total. The van der Waals surface area contributed by atoms with Crippen molar-refractivity contribution in [3.8, 4) is 0 Å². The van der Waals surface area contributed by atoms with Gasteiger partial charge in [-0.1, -0.05) is 22.9 Å². The number of amides is 1. The predicted octanol–water partition coefficient (Wildman–Crippen LogP) is 3.81. The molecule has 1 aliphatic rings. The second-order valence-corrected chi connectivity index (χ2v) is 11.0. The molecule has 0 spiro atoms. The van der Waals surface area contributed by atoms with E-state index >= 15 is 0 Å². The topological polar surface area (TPSA) is 115 Å². The summed E-state index contributed by atoms with van der Waals surface area (Å²) in [5, 5.41) is 11.6. The summed E-state index contributed by atoms with van der Waals surface area (Å²) in [6.45, 7) is 2.84. The van der Waals surface area contributed by atoms with E-state index in [0.29, 0.717) is 34.7 Å². The number of carbonyl (C=O) groups is 1. The molecule has 3 aromatic rings. The zero-order valence-corrected chi connectivity index (χ0v) is 20.1. The van der Waals surface area contributed by atoms with Gasteiger partial charge in [0.1, 0.15) is 0 Å². The van der Waals surface area contributed by atoms with Gasteiger partial charge in [-0.25, -0.2) is 8.42 Å². The van der Waals surface area contributed by atoms with E-state index in [2.05, 4.69) is 4.99 Å². The highest BCUT2D eigenvalue weighted by molar-refractivity contribution is 7.89. The summed E-state index contributed by atoms with van der Waals surface area (Å²) in [6, 6.07) is 10.6. The maximum absolute atomic E-state index is 12.9. The number of carbonyl (C=O) groups excluding carboxylic acids is 1. The van der Waals surface area contributed by atoms with Crippen LogP contribution >= 0.6 is 22.9 Å². The van der Waals surface area contributed by atoms with Gasteiger partial charge in [0.25, 0.3) is 11.6 Å². The standard InChI is InChI=1S/C21H21ClN4O5S2/c1-2-25-18-13-16(26(28)29)5-8-19(18)32-21(25)23-20(27)14-9-11-24(12-10-14)33(30,31)17-6-3-15(22)4-7-17/h3-8,13-14H,2,9-12H2,1H3. The molecule has 0 saturated carbocycles. The van der Waals surface area contributed by atoms with Crippen LogP contribution < -0.4 is 4.80 Å². The largest absolute Gasteiger partial charge is 0.316 e. The first-order valence-electron chi connectivity index (χ1n) is 10.3. The minimum absolute atomic E-state index is 0.0188. The van der Waals surface area contributed by atoms with Crippen LogP contribution in [0.1, 0.15) is 19.8 Å². The van der Waals surface area contributed by atoms with Crippen LogP contribution in [0.5, 0.6) is 0 Å². The highest BCUT2D eigenvalue weighted by atomic mass is 35.5. The number of halogens is 1. The number of rotatable bonds is 5. The van der Waals surface area contributed by atoms with Crippen molar-refractivity contribution < 1.29 is 18.1 Å². The van der Waals surface area contributed by atoms with Crippen LogP contribution in [-0.2, 0) is 21.4 Å². The Kier molecular flexibility index (Phi) is 6.66. The molecular formula is C21H21ClN4O5S2. The maximum Gasteiger partial charge on any atom is 0.271 e. The van der Waals surface area contributed by atoms with Gasteiger partial charge < -0.3 is 4.57 Å². The molecule has 33 heavy (non-hydrogen) atoms. The Labute approximate surface area is 199 Å². The molecule has 174 valence electrons. The summed E-state index contributed by atoms with van der Waals surface area (Å²) in [7, 11) is -3.65. The lowest BCUT2D eigenvalue weighted by molar-refractivity contribution is -0.384. The SMILES string of the molecule is CCn1c(=NC(=O)C2CCN(S(=O)(=O)c3ccc(Cl)cc3)CC2)sc2ccc([N+](=O)[O-])cc21. The first-order valence-corrected chi connectivity index (χ1v) is 13.0. The lowest BCUT2D eigenvalue weighted by atomic mass is 9.98. The molecule has 1 saturated heterocycles. The van der Waals surface area contributed by atoms with Crippen LogP contribution in [0.25, 0.3) is 10.2 Å². The minimum Gasteiger partial charge on any atom is -0.316 e. The number of piperidine rings is 1. The molecule has 0 N–H and O–H groups in total. The van der Waals surface area contributed by atoms with Crippen LogP contribution in [0.15, 0.2) is 52.4 Å². The summed E-state index contributed by atoms with van der Waals surface area (Å²) >= 11 is 7.15. The Bertz CT molecular complexity index is 1390. The van der Waals surface area contributed by atoms with Gasteiger partial charge in [-0.15, -0.1) is 0 Å². The lowest BCUT2D eigenvalue weighted by Gasteiger charge is -2.29. The van der Waals surface area contributed by atoms with Crippen LogP contribution in [-0.4, -0.2) is 41.2 Å². The van der Waals surface area contributed by atoms with Gasteiger partial charge in [0, 0.05) is 42.7 Å². The molecule has 1 aliphatic heterocycles. The van der Waals surface area contributed by atoms with Crippen molar-refractivity contribution in [3.63, 3.8) is 0 Å². The number of nitrogens with zero attached hydrogens (tertiary/aromatic N) is 4. The van der Waals surface area contributed by atoms with Crippen LogP contribution in [0.3, 0.4) is 0 Å². The monoisotopic (exact) mass is 508 g/mol. The van der Waals surface area contributed by atoms with E-state index in [0.717, 1.165) is 4.70 Å². The summed E-state index contributed by atoms with van der Waals surface area (Å²) < 4.78 is 29.7. The van der Waals surface area contributed by atoms with Crippen molar-refractivity contribution >= 4 is 54.8 Å². The van der Waals surface area contributed by atoms with Crippen molar-refractivity contribution in [1.29, 1.82) is 0 Å². The van der Waals surface area contributed by atoms with E-state index in [1.165, 1.54) is 52.0 Å². The summed E-state index contributed by atoms with van der Waals surface area (Å²) in [6.07, 6.45) is 0.745. The fourth-order valence-electron chi connectivity index (χ4n) is 3.85. The van der Waals surface area contributed by atoms with Crippen molar-refractivity contribution in [1.82, 2.24) is 8.87 Å². The lowest BCUT2D eigenvalue weighted by Crippen LogP contribution is -2.40. The van der Waals surface area contributed by atoms with E-state index in [4.69, 9.17) is 11.6 Å². The average molecular weight is 509 g/mol. The second-order valence-electron chi connectivity index (χ2n) is 7.62. The number of aromatic nitrogens is 1. The molecule has 0 aliphatic carbocycles. The molecule has 0 atom stereocenters. The smallest absolute Gasteiger partial charge is 0.271 e. The van der Waals surface area contributed by atoms with Gasteiger partial charge in [0.05, 0.1) is 20.0 Å². The number of sulfonamides is 1. The Morgan fingerprint density at radius 2 is 1.88 bits per heavy atom. The molecule has 12 heteroatoms. The first kappa shape index (κ1) is 23.6. The number of nitro groups is 1. The first-order chi connectivity index (χ1) is 15.7. The molecule has 1 fully saturated rings. The zero-order chi connectivity index (χ0) is 23.8. The highest BCUT2D eigenvalue weighted by Crippen LogP contribution is 2.26. The normalized spacial score (nSPS) is 16.4. The Morgan fingerprint density at radius 3 is 2.48 bits per heavy atom. The zero-order valence-electron chi connectivity index (χ0n) is 17.7. The Hall–Kier alpha value is -2.60.